The van der Waals surface area contributed by atoms with Gasteiger partial charge >= 0.3 is 0 Å². The third-order valence-electron chi connectivity index (χ3n) is 3.44. The quantitative estimate of drug-likeness (QED) is 0.399. The van der Waals surface area contributed by atoms with Crippen molar-refractivity contribution in [1.29, 1.82) is 0 Å². The summed E-state index contributed by atoms with van der Waals surface area (Å²) in [5, 5.41) is 1.35. The topological polar surface area (TPSA) is 15.8 Å². The van der Waals surface area contributed by atoms with E-state index in [1.165, 1.54) is 33.3 Å². The Morgan fingerprint density at radius 2 is 1.55 bits per heavy atom. The van der Waals surface area contributed by atoms with Gasteiger partial charge in [-0.15, -0.1) is 13.2 Å². The van der Waals surface area contributed by atoms with Crippen molar-refractivity contribution in [3.63, 3.8) is 0 Å². The molecule has 3 aromatic rings. The van der Waals surface area contributed by atoms with Gasteiger partial charge in [0.2, 0.25) is 0 Å². The zero-order chi connectivity index (χ0) is 14.5. The van der Waals surface area contributed by atoms with Crippen molar-refractivity contribution in [2.75, 3.05) is 0 Å². The van der Waals surface area contributed by atoms with Crippen molar-refractivity contribution in [1.82, 2.24) is 4.98 Å². The van der Waals surface area contributed by atoms with Crippen LogP contribution in [0.25, 0.3) is 22.0 Å². The molecule has 0 amide bonds. The average molecular weight is 263 g/mol. The lowest BCUT2D eigenvalue weighted by Gasteiger charge is -1.99. The van der Waals surface area contributed by atoms with Crippen LogP contribution in [0.2, 0.25) is 0 Å². The molecule has 102 valence electrons. The highest BCUT2D eigenvalue weighted by molar-refractivity contribution is 6.00. The van der Waals surface area contributed by atoms with E-state index in [1.54, 1.807) is 0 Å². The summed E-state index contributed by atoms with van der Waals surface area (Å²) in [6.07, 6.45) is 1.04. The van der Waals surface area contributed by atoms with Gasteiger partial charge in [-0.3, -0.25) is 0 Å². The second-order valence-corrected chi connectivity index (χ2v) is 4.36. The third-order valence-corrected chi connectivity index (χ3v) is 3.44. The van der Waals surface area contributed by atoms with Crippen molar-refractivity contribution in [3.05, 3.63) is 72.9 Å². The largest absolute Gasteiger partial charge is 0.358 e. The highest BCUT2D eigenvalue weighted by Gasteiger charge is 2.21. The monoisotopic (exact) mass is 263 g/mol. The molecule has 1 heterocycles. The number of aromatic amines is 1. The number of H-pyrrole nitrogens is 1. The molecule has 0 unspecified atom stereocenters. The summed E-state index contributed by atoms with van der Waals surface area (Å²) in [6.45, 7) is 10.0. The van der Waals surface area contributed by atoms with Gasteiger partial charge < -0.3 is 4.98 Å². The first kappa shape index (κ1) is 14.1. The summed E-state index contributed by atoms with van der Waals surface area (Å²) in [5.74, 6) is 0. The van der Waals surface area contributed by atoms with Gasteiger partial charge in [0.05, 0.1) is 0 Å². The maximum atomic E-state index is 3.52. The van der Waals surface area contributed by atoms with E-state index in [4.69, 9.17) is 0 Å². The molecule has 1 N–H and O–H groups in total. The molecule has 2 aromatic carbocycles. The molecule has 0 saturated heterocycles. The van der Waals surface area contributed by atoms with E-state index in [0.717, 1.165) is 6.42 Å². The van der Waals surface area contributed by atoms with Crippen LogP contribution in [0, 0.1) is 0 Å². The van der Waals surface area contributed by atoms with E-state index in [9.17, 15) is 0 Å². The minimum Gasteiger partial charge on any atom is -0.358 e. The first-order valence-electron chi connectivity index (χ1n) is 7.11. The Balaban J connectivity index is 0.000000340. The SMILES string of the molecule is C=C.CC.c1ccc2c(c1)Cc1[nH]c3ccccc3c1-2. The summed E-state index contributed by atoms with van der Waals surface area (Å²) >= 11 is 0. The van der Waals surface area contributed by atoms with Gasteiger partial charge in [0.25, 0.3) is 0 Å². The number of rotatable bonds is 0. The molecule has 20 heavy (non-hydrogen) atoms. The first-order valence-corrected chi connectivity index (χ1v) is 7.11. The molecule has 0 fully saturated rings. The number of nitrogens with one attached hydrogen (secondary N) is 1. The second kappa shape index (κ2) is 6.25. The average Bonchev–Trinajstić information content (AvgIpc) is 3.06. The van der Waals surface area contributed by atoms with Crippen LogP contribution in [0.3, 0.4) is 0 Å². The standard InChI is InChI=1S/C15H11N.C2H6.C2H4/c1-2-6-11-10(5-1)9-14-15(11)12-7-3-4-8-13(12)16-14;2*1-2/h1-8,16H,9H2;1-2H3;1-2H2. The predicted octanol–water partition coefficient (Wildman–Crippen LogP) is 5.57. The van der Waals surface area contributed by atoms with Crippen molar-refractivity contribution in [2.24, 2.45) is 0 Å². The van der Waals surface area contributed by atoms with E-state index in [1.807, 2.05) is 13.8 Å². The van der Waals surface area contributed by atoms with Crippen LogP contribution in [0.4, 0.5) is 0 Å². The molecular formula is C19H21N. The molecule has 0 aliphatic heterocycles. The summed E-state index contributed by atoms with van der Waals surface area (Å²) < 4.78 is 0. The Labute approximate surface area is 121 Å². The van der Waals surface area contributed by atoms with Gasteiger partial charge in [-0.2, -0.15) is 0 Å². The Bertz CT molecular complexity index is 707. The maximum absolute atomic E-state index is 3.52. The number of hydrogen-bond acceptors (Lipinski definition) is 0. The maximum Gasteiger partial charge on any atom is 0.0462 e. The highest BCUT2D eigenvalue weighted by Crippen LogP contribution is 2.40. The van der Waals surface area contributed by atoms with E-state index in [-0.39, 0.29) is 0 Å². The van der Waals surface area contributed by atoms with E-state index in [2.05, 4.69) is 66.7 Å². The number of aromatic nitrogens is 1. The normalized spacial score (nSPS) is 10.7. The molecule has 4 rings (SSSR count). The summed E-state index contributed by atoms with van der Waals surface area (Å²) in [6, 6.07) is 17.2. The molecule has 1 nitrogen and oxygen atoms in total. The summed E-state index contributed by atoms with van der Waals surface area (Å²) in [5.41, 5.74) is 6.86. The van der Waals surface area contributed by atoms with Gasteiger partial charge in [-0.25, -0.2) is 0 Å². The van der Waals surface area contributed by atoms with Crippen LogP contribution >= 0.6 is 0 Å². The van der Waals surface area contributed by atoms with E-state index >= 15 is 0 Å². The van der Waals surface area contributed by atoms with Crippen LogP contribution in [-0.2, 0) is 6.42 Å². The summed E-state index contributed by atoms with van der Waals surface area (Å²) in [4.78, 5) is 3.52. The van der Waals surface area contributed by atoms with E-state index < -0.39 is 0 Å². The Kier molecular flexibility index (Phi) is 4.41. The molecule has 1 aliphatic rings. The fourth-order valence-corrected chi connectivity index (χ4v) is 2.75. The fourth-order valence-electron chi connectivity index (χ4n) is 2.75. The molecule has 0 atom stereocenters. The molecular weight excluding hydrogens is 242 g/mol. The molecule has 0 saturated carbocycles. The molecule has 0 radical (unpaired) electrons. The zero-order valence-electron chi connectivity index (χ0n) is 12.2. The molecule has 1 aliphatic carbocycles. The minimum absolute atomic E-state index is 1.04. The van der Waals surface area contributed by atoms with Gasteiger partial charge in [0, 0.05) is 28.6 Å². The Morgan fingerprint density at radius 3 is 2.35 bits per heavy atom. The predicted molar refractivity (Wildman–Crippen MR) is 89.1 cm³/mol. The van der Waals surface area contributed by atoms with Crippen LogP contribution in [0.1, 0.15) is 25.1 Å². The number of fused-ring (bicyclic) bond motifs is 5. The van der Waals surface area contributed by atoms with Crippen LogP contribution in [0.15, 0.2) is 61.7 Å². The van der Waals surface area contributed by atoms with Crippen molar-refractivity contribution in [3.8, 4) is 11.1 Å². The molecule has 1 aromatic heterocycles. The van der Waals surface area contributed by atoms with Gasteiger partial charge in [0.1, 0.15) is 0 Å². The lowest BCUT2D eigenvalue weighted by atomic mass is 10.0. The Morgan fingerprint density at radius 1 is 0.900 bits per heavy atom. The lowest BCUT2D eigenvalue weighted by Crippen LogP contribution is -1.81. The number of para-hydroxylation sites is 1. The highest BCUT2D eigenvalue weighted by atomic mass is 14.7. The van der Waals surface area contributed by atoms with Crippen LogP contribution in [-0.4, -0.2) is 4.98 Å². The lowest BCUT2D eigenvalue weighted by molar-refractivity contribution is 1.17. The van der Waals surface area contributed by atoms with E-state index in [0.29, 0.717) is 0 Å². The first-order chi connectivity index (χ1) is 9.93. The van der Waals surface area contributed by atoms with Gasteiger partial charge in [-0.1, -0.05) is 56.3 Å². The minimum atomic E-state index is 1.04. The molecule has 0 bridgehead atoms. The van der Waals surface area contributed by atoms with Gasteiger partial charge in [0.15, 0.2) is 0 Å². The molecule has 1 heteroatoms. The summed E-state index contributed by atoms with van der Waals surface area (Å²) in [7, 11) is 0. The molecule has 0 spiro atoms. The zero-order valence-corrected chi connectivity index (χ0v) is 12.2. The second-order valence-electron chi connectivity index (χ2n) is 4.36. The van der Waals surface area contributed by atoms with Crippen LogP contribution in [0.5, 0.6) is 0 Å². The number of benzene rings is 2. The van der Waals surface area contributed by atoms with Gasteiger partial charge in [-0.05, 0) is 17.2 Å². The smallest absolute Gasteiger partial charge is 0.0462 e. The number of hydrogen-bond donors (Lipinski definition) is 1. The van der Waals surface area contributed by atoms with Crippen molar-refractivity contribution >= 4 is 10.9 Å². The van der Waals surface area contributed by atoms with Crippen molar-refractivity contribution < 1.29 is 0 Å². The van der Waals surface area contributed by atoms with Crippen LogP contribution < -0.4 is 0 Å². The third kappa shape index (κ3) is 2.16. The van der Waals surface area contributed by atoms with Crippen molar-refractivity contribution in [2.45, 2.75) is 20.3 Å². The fraction of sp³-hybridized carbons (Fsp3) is 0.158. The Hall–Kier alpha value is -2.28.